The number of esters is 2. The van der Waals surface area contributed by atoms with Crippen molar-refractivity contribution in [2.45, 2.75) is 6.55 Å². The van der Waals surface area contributed by atoms with E-state index in [0.29, 0.717) is 11.1 Å². The van der Waals surface area contributed by atoms with Gasteiger partial charge in [-0.3, -0.25) is 0 Å². The lowest BCUT2D eigenvalue weighted by Gasteiger charge is -2.01. The molecule has 14 heavy (non-hydrogen) atoms. The number of hydrogen-bond donors (Lipinski definition) is 0. The maximum absolute atomic E-state index is 11.2. The van der Waals surface area contributed by atoms with Crippen LogP contribution < -0.4 is 5.19 Å². The molecule has 0 amide bonds. The average molecular weight is 227 g/mol. The highest BCUT2D eigenvalue weighted by Crippen LogP contribution is 2.18. The lowest BCUT2D eigenvalue weighted by molar-refractivity contribution is 0.0444. The predicted molar refractivity (Wildman–Crippen MR) is 54.7 cm³/mol. The van der Waals surface area contributed by atoms with Gasteiger partial charge in [-0.25, -0.2) is 9.59 Å². The van der Waals surface area contributed by atoms with Gasteiger partial charge >= 0.3 is 11.9 Å². The molecule has 1 aliphatic rings. The van der Waals surface area contributed by atoms with Crippen molar-refractivity contribution in [1.29, 1.82) is 0 Å². The van der Waals surface area contributed by atoms with Crippen LogP contribution in [0.4, 0.5) is 0 Å². The fourth-order valence-electron chi connectivity index (χ4n) is 1.35. The Hall–Kier alpha value is -1.13. The van der Waals surface area contributed by atoms with E-state index in [1.807, 2.05) is 6.55 Å². The van der Waals surface area contributed by atoms with E-state index in [2.05, 4.69) is 4.74 Å². The van der Waals surface area contributed by atoms with Crippen LogP contribution >= 0.6 is 11.1 Å². The van der Waals surface area contributed by atoms with Gasteiger partial charge in [0.15, 0.2) is 8.11 Å². The number of cyclic esters (lactones) is 2. The summed E-state index contributed by atoms with van der Waals surface area (Å²) in [6.07, 6.45) is 0. The summed E-state index contributed by atoms with van der Waals surface area (Å²) in [4.78, 5) is 22.3. The lowest BCUT2D eigenvalue weighted by atomic mass is 10.1. The summed E-state index contributed by atoms with van der Waals surface area (Å²) in [5.74, 6) is -1.14. The summed E-state index contributed by atoms with van der Waals surface area (Å²) in [6, 6.07) is 5.04. The van der Waals surface area contributed by atoms with Crippen LogP contribution in [0.5, 0.6) is 0 Å². The molecule has 0 spiro atoms. The fraction of sp³-hybridized carbons (Fsp3) is 0.111. The molecule has 0 aliphatic carbocycles. The summed E-state index contributed by atoms with van der Waals surface area (Å²) in [7, 11) is -1.46. The second-order valence-electron chi connectivity index (χ2n) is 3.10. The van der Waals surface area contributed by atoms with Crippen LogP contribution in [0.3, 0.4) is 0 Å². The first-order chi connectivity index (χ1) is 6.59. The molecule has 0 saturated heterocycles. The van der Waals surface area contributed by atoms with Gasteiger partial charge in [-0.2, -0.15) is 11.1 Å². The summed E-state index contributed by atoms with van der Waals surface area (Å²) in [6.45, 7) is 1.94. The van der Waals surface area contributed by atoms with Crippen molar-refractivity contribution in [3.63, 3.8) is 0 Å². The van der Waals surface area contributed by atoms with Gasteiger partial charge in [-0.05, 0) is 17.3 Å². The first kappa shape index (κ1) is 9.42. The molecule has 1 aromatic carbocycles. The van der Waals surface area contributed by atoms with Crippen molar-refractivity contribution in [3.05, 3.63) is 29.3 Å². The largest absolute Gasteiger partial charge is 0.386 e. The molecule has 0 N–H and O–H groups in total. The Morgan fingerprint density at radius 1 is 1.21 bits per heavy atom. The molecule has 0 saturated carbocycles. The lowest BCUT2D eigenvalue weighted by Crippen LogP contribution is -2.21. The molecule has 1 atom stereocenters. The van der Waals surface area contributed by atoms with Crippen LogP contribution in [0.15, 0.2) is 18.2 Å². The van der Waals surface area contributed by atoms with Crippen molar-refractivity contribution in [2.75, 3.05) is 0 Å². The van der Waals surface area contributed by atoms with Crippen molar-refractivity contribution >= 4 is 36.3 Å². The number of fused-ring (bicyclic) bond motifs is 1. The Bertz CT molecular complexity index is 428. The van der Waals surface area contributed by atoms with Crippen LogP contribution in [0.1, 0.15) is 20.7 Å². The minimum Gasteiger partial charge on any atom is -0.386 e. The smallest absolute Gasteiger partial charge is 0.346 e. The van der Waals surface area contributed by atoms with Crippen molar-refractivity contribution in [1.82, 2.24) is 0 Å². The Morgan fingerprint density at radius 3 is 2.50 bits per heavy atom. The van der Waals surface area contributed by atoms with E-state index in [4.69, 9.17) is 11.1 Å². The van der Waals surface area contributed by atoms with E-state index in [1.165, 1.54) is 0 Å². The molecule has 1 heterocycles. The molecule has 72 valence electrons. The molecule has 3 nitrogen and oxygen atoms in total. The number of carbonyl (C=O) groups is 2. The molecular weight excluding hydrogens is 220 g/mol. The number of carbonyl (C=O) groups excluding carboxylic acids is 2. The Balaban J connectivity index is 2.55. The van der Waals surface area contributed by atoms with Crippen LogP contribution in [0, 0.1) is 0 Å². The molecule has 1 aromatic rings. The number of hydrogen-bond acceptors (Lipinski definition) is 3. The summed E-state index contributed by atoms with van der Waals surface area (Å²) >= 11 is 5.99. The Morgan fingerprint density at radius 2 is 1.86 bits per heavy atom. The summed E-state index contributed by atoms with van der Waals surface area (Å²) < 4.78 is 4.46. The van der Waals surface area contributed by atoms with Gasteiger partial charge in [0, 0.05) is 0 Å². The first-order valence-corrected chi connectivity index (χ1v) is 7.62. The molecular formula is C9H7ClO3Si. The van der Waals surface area contributed by atoms with Crippen LogP contribution in [-0.2, 0) is 4.74 Å². The monoisotopic (exact) mass is 226 g/mol. The normalized spacial score (nSPS) is 16.4. The van der Waals surface area contributed by atoms with E-state index in [0.717, 1.165) is 5.19 Å². The highest BCUT2D eigenvalue weighted by molar-refractivity contribution is 7.13. The van der Waals surface area contributed by atoms with Gasteiger partial charge in [0.2, 0.25) is 0 Å². The van der Waals surface area contributed by atoms with Gasteiger partial charge in [-0.1, -0.05) is 12.6 Å². The molecule has 0 fully saturated rings. The molecule has 5 heteroatoms. The van der Waals surface area contributed by atoms with Gasteiger partial charge in [0.1, 0.15) is 0 Å². The third kappa shape index (κ3) is 1.36. The van der Waals surface area contributed by atoms with Crippen LogP contribution in [0.25, 0.3) is 0 Å². The minimum absolute atomic E-state index is 0.338. The van der Waals surface area contributed by atoms with E-state index >= 15 is 0 Å². The maximum Gasteiger partial charge on any atom is 0.346 e. The number of ether oxygens (including phenoxy) is 1. The predicted octanol–water partition coefficient (Wildman–Crippen LogP) is 0.797. The third-order valence-corrected chi connectivity index (χ3v) is 4.16. The molecule has 1 unspecified atom stereocenters. The number of benzene rings is 1. The SMILES string of the molecule is C[SiH](Cl)c1ccc2c(c1)C(=O)OC2=O. The van der Waals surface area contributed by atoms with Gasteiger partial charge < -0.3 is 4.74 Å². The zero-order valence-corrected chi connectivity index (χ0v) is 9.32. The molecule has 0 bridgehead atoms. The third-order valence-electron chi connectivity index (χ3n) is 2.13. The number of rotatable bonds is 1. The van der Waals surface area contributed by atoms with Crippen LogP contribution in [-0.4, -0.2) is 20.0 Å². The van der Waals surface area contributed by atoms with E-state index in [-0.39, 0.29) is 0 Å². The second kappa shape index (κ2) is 3.22. The Kier molecular flexibility index (Phi) is 2.17. The average Bonchev–Trinajstić information content (AvgIpc) is 2.42. The fourth-order valence-corrected chi connectivity index (χ4v) is 2.52. The first-order valence-electron chi connectivity index (χ1n) is 4.14. The quantitative estimate of drug-likeness (QED) is 0.308. The molecule has 0 radical (unpaired) electrons. The van der Waals surface area contributed by atoms with E-state index < -0.39 is 20.0 Å². The second-order valence-corrected chi connectivity index (χ2v) is 6.96. The maximum atomic E-state index is 11.2. The summed E-state index contributed by atoms with van der Waals surface area (Å²) in [5.41, 5.74) is 0.678. The zero-order valence-electron chi connectivity index (χ0n) is 7.41. The number of halogens is 1. The zero-order chi connectivity index (χ0) is 10.3. The van der Waals surface area contributed by atoms with Gasteiger partial charge in [-0.15, -0.1) is 0 Å². The molecule has 0 aromatic heterocycles. The van der Waals surface area contributed by atoms with Gasteiger partial charge in [0.25, 0.3) is 0 Å². The van der Waals surface area contributed by atoms with Crippen molar-refractivity contribution in [3.8, 4) is 0 Å². The summed E-state index contributed by atoms with van der Waals surface area (Å²) in [5, 5.41) is 0.942. The highest BCUT2D eigenvalue weighted by atomic mass is 35.6. The van der Waals surface area contributed by atoms with Crippen molar-refractivity contribution in [2.24, 2.45) is 0 Å². The highest BCUT2D eigenvalue weighted by Gasteiger charge is 2.29. The standard InChI is InChI=1S/C9H7ClO3Si/c1-14(10)5-2-3-6-7(4-5)9(12)13-8(6)11/h2-4,14H,1H3. The molecule has 1 aliphatic heterocycles. The van der Waals surface area contributed by atoms with E-state index in [9.17, 15) is 9.59 Å². The minimum atomic E-state index is -1.46. The topological polar surface area (TPSA) is 43.4 Å². The molecule has 2 rings (SSSR count). The van der Waals surface area contributed by atoms with Gasteiger partial charge in [0.05, 0.1) is 11.1 Å². The van der Waals surface area contributed by atoms with E-state index in [1.54, 1.807) is 18.2 Å². The van der Waals surface area contributed by atoms with Crippen LogP contribution in [0.2, 0.25) is 6.55 Å². The van der Waals surface area contributed by atoms with Crippen molar-refractivity contribution < 1.29 is 14.3 Å². The Labute approximate surface area is 86.9 Å².